The third-order valence-corrected chi connectivity index (χ3v) is 2.20. The van der Waals surface area contributed by atoms with Crippen molar-refractivity contribution >= 4 is 5.69 Å². The van der Waals surface area contributed by atoms with Gasteiger partial charge in [-0.15, -0.1) is 0 Å². The molecule has 0 aliphatic rings. The van der Waals surface area contributed by atoms with Crippen molar-refractivity contribution in [2.45, 2.75) is 6.04 Å². The van der Waals surface area contributed by atoms with Gasteiger partial charge in [-0.25, -0.2) is 0 Å². The Morgan fingerprint density at radius 3 is 2.44 bits per heavy atom. The van der Waals surface area contributed by atoms with Gasteiger partial charge in [-0.1, -0.05) is 24.3 Å². The lowest BCUT2D eigenvalue weighted by Crippen LogP contribution is -2.09. The Labute approximate surface area is 94.4 Å². The molecule has 0 aliphatic carbocycles. The van der Waals surface area contributed by atoms with Crippen LogP contribution in [-0.2, 0) is 0 Å². The molecule has 16 heavy (non-hydrogen) atoms. The monoisotopic (exact) mass is 209 g/mol. The molecular weight excluding hydrogens is 198 g/mol. The van der Waals surface area contributed by atoms with E-state index >= 15 is 0 Å². The summed E-state index contributed by atoms with van der Waals surface area (Å²) < 4.78 is 0. The van der Waals surface area contributed by atoms with Crippen LogP contribution >= 0.6 is 0 Å². The van der Waals surface area contributed by atoms with Gasteiger partial charge >= 0.3 is 0 Å². The van der Waals surface area contributed by atoms with Gasteiger partial charge in [-0.2, -0.15) is 5.26 Å². The van der Waals surface area contributed by atoms with E-state index in [2.05, 4.69) is 16.4 Å². The number of hydrogen-bond donors (Lipinski definition) is 1. The van der Waals surface area contributed by atoms with E-state index in [1.165, 1.54) is 0 Å². The van der Waals surface area contributed by atoms with Gasteiger partial charge in [0.1, 0.15) is 0 Å². The molecule has 1 aromatic heterocycles. The smallest absolute Gasteiger partial charge is 0.157 e. The van der Waals surface area contributed by atoms with Crippen molar-refractivity contribution in [2.24, 2.45) is 0 Å². The van der Waals surface area contributed by atoms with Gasteiger partial charge < -0.3 is 5.32 Å². The van der Waals surface area contributed by atoms with Gasteiger partial charge in [0, 0.05) is 11.9 Å². The lowest BCUT2D eigenvalue weighted by molar-refractivity contribution is 0.934. The molecule has 1 N–H and O–H groups in total. The van der Waals surface area contributed by atoms with E-state index in [1.54, 1.807) is 6.20 Å². The number of para-hydroxylation sites is 1. The number of nitrogens with zero attached hydrogens (tertiary/aromatic N) is 2. The summed E-state index contributed by atoms with van der Waals surface area (Å²) in [5.41, 5.74) is 1.65. The highest BCUT2D eigenvalue weighted by Gasteiger charge is 2.10. The van der Waals surface area contributed by atoms with Crippen molar-refractivity contribution in [3.63, 3.8) is 0 Å². The van der Waals surface area contributed by atoms with Crippen LogP contribution in [0.1, 0.15) is 11.7 Å². The van der Waals surface area contributed by atoms with Crippen molar-refractivity contribution < 1.29 is 0 Å². The summed E-state index contributed by atoms with van der Waals surface area (Å²) in [5.74, 6) is 0. The second-order valence-electron chi connectivity index (χ2n) is 3.33. The summed E-state index contributed by atoms with van der Waals surface area (Å²) in [6.07, 6.45) is 1.69. The summed E-state index contributed by atoms with van der Waals surface area (Å²) >= 11 is 0. The van der Waals surface area contributed by atoms with Crippen molar-refractivity contribution in [3.05, 3.63) is 60.4 Å². The standard InChI is InChI=1S/C13H11N3/c14-10-13(12-8-4-5-9-15-12)16-11-6-2-1-3-7-11/h1-9,13,16H. The molecule has 1 aromatic carbocycles. The van der Waals surface area contributed by atoms with Crippen LogP contribution in [0.25, 0.3) is 0 Å². The molecule has 0 fully saturated rings. The normalized spacial score (nSPS) is 11.4. The van der Waals surface area contributed by atoms with Gasteiger partial charge in [0.05, 0.1) is 11.8 Å². The molecule has 0 spiro atoms. The minimum absolute atomic E-state index is 0.413. The molecule has 0 radical (unpaired) electrons. The highest BCUT2D eigenvalue weighted by molar-refractivity contribution is 5.46. The van der Waals surface area contributed by atoms with Crippen LogP contribution < -0.4 is 5.32 Å². The second kappa shape index (κ2) is 4.94. The van der Waals surface area contributed by atoms with E-state index in [0.717, 1.165) is 11.4 Å². The number of hydrogen-bond acceptors (Lipinski definition) is 3. The average Bonchev–Trinajstić information content (AvgIpc) is 2.38. The van der Waals surface area contributed by atoms with Crippen LogP contribution in [0.3, 0.4) is 0 Å². The predicted octanol–water partition coefficient (Wildman–Crippen LogP) is 2.76. The van der Waals surface area contributed by atoms with Crippen LogP contribution in [0.4, 0.5) is 5.69 Å². The maximum Gasteiger partial charge on any atom is 0.157 e. The molecular formula is C13H11N3. The Hall–Kier alpha value is -2.34. The maximum absolute atomic E-state index is 9.09. The minimum atomic E-state index is -0.413. The van der Waals surface area contributed by atoms with Gasteiger partial charge in [0.2, 0.25) is 0 Å². The number of nitriles is 1. The van der Waals surface area contributed by atoms with Crippen LogP contribution in [0.2, 0.25) is 0 Å². The fourth-order valence-electron chi connectivity index (χ4n) is 1.42. The highest BCUT2D eigenvalue weighted by atomic mass is 14.9. The first-order chi connectivity index (χ1) is 7.90. The molecule has 2 rings (SSSR count). The van der Waals surface area contributed by atoms with E-state index in [0.29, 0.717) is 0 Å². The summed E-state index contributed by atoms with van der Waals surface area (Å²) in [6.45, 7) is 0. The third kappa shape index (κ3) is 2.37. The molecule has 0 bridgehead atoms. The first-order valence-corrected chi connectivity index (χ1v) is 5.02. The molecule has 3 heteroatoms. The topological polar surface area (TPSA) is 48.7 Å². The fraction of sp³-hybridized carbons (Fsp3) is 0.0769. The summed E-state index contributed by atoms with van der Waals surface area (Å²) in [7, 11) is 0. The third-order valence-electron chi connectivity index (χ3n) is 2.20. The zero-order valence-electron chi connectivity index (χ0n) is 8.67. The van der Waals surface area contributed by atoms with Gasteiger partial charge in [0.15, 0.2) is 6.04 Å². The maximum atomic E-state index is 9.09. The lowest BCUT2D eigenvalue weighted by atomic mass is 10.2. The number of aromatic nitrogens is 1. The largest absolute Gasteiger partial charge is 0.365 e. The summed E-state index contributed by atoms with van der Waals surface area (Å²) in [6, 6.07) is 17.0. The predicted molar refractivity (Wildman–Crippen MR) is 62.7 cm³/mol. The number of rotatable bonds is 3. The van der Waals surface area contributed by atoms with Crippen molar-refractivity contribution in [1.82, 2.24) is 4.98 Å². The SMILES string of the molecule is N#CC(Nc1ccccc1)c1ccccn1. The van der Waals surface area contributed by atoms with Crippen molar-refractivity contribution in [3.8, 4) is 6.07 Å². The number of anilines is 1. The first kappa shape index (κ1) is 10.2. The van der Waals surface area contributed by atoms with Crippen LogP contribution in [-0.4, -0.2) is 4.98 Å². The Morgan fingerprint density at radius 1 is 1.06 bits per heavy atom. The fourth-order valence-corrected chi connectivity index (χ4v) is 1.42. The molecule has 0 aliphatic heterocycles. The molecule has 0 saturated carbocycles. The lowest BCUT2D eigenvalue weighted by Gasteiger charge is -2.11. The quantitative estimate of drug-likeness (QED) is 0.845. The minimum Gasteiger partial charge on any atom is -0.365 e. The zero-order valence-corrected chi connectivity index (χ0v) is 8.67. The second-order valence-corrected chi connectivity index (χ2v) is 3.33. The first-order valence-electron chi connectivity index (χ1n) is 5.02. The molecule has 1 heterocycles. The highest BCUT2D eigenvalue weighted by Crippen LogP contribution is 2.16. The van der Waals surface area contributed by atoms with Gasteiger partial charge in [0.25, 0.3) is 0 Å². The zero-order chi connectivity index (χ0) is 11.2. The molecule has 0 saturated heterocycles. The average molecular weight is 209 g/mol. The molecule has 2 aromatic rings. The van der Waals surface area contributed by atoms with Crippen LogP contribution in [0.5, 0.6) is 0 Å². The van der Waals surface area contributed by atoms with E-state index in [1.807, 2.05) is 48.5 Å². The Kier molecular flexibility index (Phi) is 3.15. The van der Waals surface area contributed by atoms with E-state index in [4.69, 9.17) is 5.26 Å². The molecule has 1 atom stereocenters. The Bertz CT molecular complexity index is 474. The van der Waals surface area contributed by atoms with Gasteiger partial charge in [-0.05, 0) is 24.3 Å². The molecule has 78 valence electrons. The number of benzene rings is 1. The van der Waals surface area contributed by atoms with Crippen molar-refractivity contribution in [1.29, 1.82) is 5.26 Å². The Morgan fingerprint density at radius 2 is 1.81 bits per heavy atom. The van der Waals surface area contributed by atoms with E-state index < -0.39 is 6.04 Å². The van der Waals surface area contributed by atoms with Crippen molar-refractivity contribution in [2.75, 3.05) is 5.32 Å². The van der Waals surface area contributed by atoms with Crippen LogP contribution in [0.15, 0.2) is 54.7 Å². The molecule has 1 unspecified atom stereocenters. The van der Waals surface area contributed by atoms with Crippen LogP contribution in [0, 0.1) is 11.3 Å². The van der Waals surface area contributed by atoms with E-state index in [9.17, 15) is 0 Å². The molecule has 3 nitrogen and oxygen atoms in total. The summed E-state index contributed by atoms with van der Waals surface area (Å²) in [5, 5.41) is 12.2. The molecule has 0 amide bonds. The van der Waals surface area contributed by atoms with Gasteiger partial charge in [-0.3, -0.25) is 4.98 Å². The Balaban J connectivity index is 2.17. The van der Waals surface area contributed by atoms with E-state index in [-0.39, 0.29) is 0 Å². The summed E-state index contributed by atoms with van der Waals surface area (Å²) in [4.78, 5) is 4.16. The number of nitrogens with one attached hydrogen (secondary N) is 1. The number of pyridine rings is 1.